The molecule has 2 aliphatic rings. The maximum atomic E-state index is 5.11. The Morgan fingerprint density at radius 3 is 2.50 bits per heavy atom. The van der Waals surface area contributed by atoms with Crippen molar-refractivity contribution in [2.45, 2.75) is 38.4 Å². The molecule has 4 heteroatoms. The van der Waals surface area contributed by atoms with Crippen molar-refractivity contribution in [1.29, 1.82) is 0 Å². The Bertz CT molecular complexity index is 406. The van der Waals surface area contributed by atoms with Crippen LogP contribution in [0.5, 0.6) is 5.88 Å². The van der Waals surface area contributed by atoms with Gasteiger partial charge in [0.05, 0.1) is 19.0 Å². The van der Waals surface area contributed by atoms with Crippen molar-refractivity contribution >= 4 is 5.69 Å². The molecular weight excluding hydrogens is 226 g/mol. The number of piperidine rings is 1. The van der Waals surface area contributed by atoms with Crippen molar-refractivity contribution in [3.63, 3.8) is 0 Å². The summed E-state index contributed by atoms with van der Waals surface area (Å²) < 4.78 is 5.11. The molecule has 0 aromatic carbocycles. The van der Waals surface area contributed by atoms with Gasteiger partial charge in [0.2, 0.25) is 5.88 Å². The molecule has 0 amide bonds. The van der Waals surface area contributed by atoms with Gasteiger partial charge < -0.3 is 9.64 Å². The van der Waals surface area contributed by atoms with E-state index in [9.17, 15) is 0 Å². The Balaban J connectivity index is 1.72. The molecule has 0 radical (unpaired) electrons. The third kappa shape index (κ3) is 1.85. The molecule has 2 atom stereocenters. The van der Waals surface area contributed by atoms with Crippen molar-refractivity contribution in [1.82, 2.24) is 9.88 Å². The number of fused-ring (bicyclic) bond motifs is 2. The molecule has 2 unspecified atom stereocenters. The van der Waals surface area contributed by atoms with Gasteiger partial charge in [0.25, 0.3) is 0 Å². The smallest absolute Gasteiger partial charge is 0.213 e. The van der Waals surface area contributed by atoms with Crippen molar-refractivity contribution in [3.8, 4) is 5.88 Å². The number of hydrogen-bond donors (Lipinski definition) is 0. The first-order valence-corrected chi connectivity index (χ1v) is 6.71. The summed E-state index contributed by atoms with van der Waals surface area (Å²) in [6, 6.07) is 6.06. The van der Waals surface area contributed by atoms with Gasteiger partial charge in [-0.25, -0.2) is 4.98 Å². The van der Waals surface area contributed by atoms with E-state index < -0.39 is 0 Å². The monoisotopic (exact) mass is 247 g/mol. The lowest BCUT2D eigenvalue weighted by atomic mass is 9.86. The number of rotatable bonds is 3. The van der Waals surface area contributed by atoms with Crippen LogP contribution in [0, 0.1) is 0 Å². The van der Waals surface area contributed by atoms with E-state index in [1.54, 1.807) is 7.11 Å². The quantitative estimate of drug-likeness (QED) is 0.814. The summed E-state index contributed by atoms with van der Waals surface area (Å²) in [5.41, 5.74) is 1.24. The van der Waals surface area contributed by atoms with E-state index in [0.717, 1.165) is 0 Å². The second-order valence-electron chi connectivity index (χ2n) is 5.56. The largest absolute Gasteiger partial charge is 0.481 e. The number of nitrogens with zero attached hydrogens (tertiary/aromatic N) is 3. The predicted molar refractivity (Wildman–Crippen MR) is 72.2 cm³/mol. The zero-order valence-electron chi connectivity index (χ0n) is 11.3. The molecule has 1 aromatic heterocycles. The van der Waals surface area contributed by atoms with Gasteiger partial charge in [-0.2, -0.15) is 0 Å². The number of methoxy groups -OCH3 is 1. The second-order valence-corrected chi connectivity index (χ2v) is 5.56. The molecule has 0 aliphatic carbocycles. The molecule has 0 N–H and O–H groups in total. The molecule has 18 heavy (non-hydrogen) atoms. The highest BCUT2D eigenvalue weighted by atomic mass is 16.5. The van der Waals surface area contributed by atoms with Crippen LogP contribution in [0.4, 0.5) is 5.69 Å². The highest BCUT2D eigenvalue weighted by Gasteiger charge is 2.45. The zero-order chi connectivity index (χ0) is 12.7. The van der Waals surface area contributed by atoms with Crippen molar-refractivity contribution in [2.75, 3.05) is 25.1 Å². The van der Waals surface area contributed by atoms with E-state index in [1.165, 1.54) is 25.2 Å². The van der Waals surface area contributed by atoms with Crippen molar-refractivity contribution in [2.24, 2.45) is 0 Å². The second kappa shape index (κ2) is 4.43. The fourth-order valence-corrected chi connectivity index (χ4v) is 3.13. The third-order valence-electron chi connectivity index (χ3n) is 4.18. The lowest BCUT2D eigenvalue weighted by Gasteiger charge is -2.58. The lowest BCUT2D eigenvalue weighted by Crippen LogP contribution is -2.69. The molecular formula is C14H21N3O. The normalized spacial score (nSPS) is 27.2. The lowest BCUT2D eigenvalue weighted by molar-refractivity contribution is 0.0885. The molecule has 98 valence electrons. The molecule has 2 fully saturated rings. The SMILES string of the molecule is COc1ccc(N2C3CC2CN(C(C)C)C3)cn1. The van der Waals surface area contributed by atoms with Gasteiger partial charge in [0.1, 0.15) is 0 Å². The first kappa shape index (κ1) is 11.8. The van der Waals surface area contributed by atoms with Crippen molar-refractivity contribution in [3.05, 3.63) is 18.3 Å². The number of piperazine rings is 1. The number of aromatic nitrogens is 1. The van der Waals surface area contributed by atoms with Gasteiger partial charge >= 0.3 is 0 Å². The van der Waals surface area contributed by atoms with Crippen LogP contribution >= 0.6 is 0 Å². The number of ether oxygens (including phenoxy) is 1. The maximum Gasteiger partial charge on any atom is 0.213 e. The van der Waals surface area contributed by atoms with E-state index in [2.05, 4.69) is 34.7 Å². The molecule has 0 spiro atoms. The first-order valence-electron chi connectivity index (χ1n) is 6.71. The van der Waals surface area contributed by atoms with Crippen LogP contribution in [0.1, 0.15) is 20.3 Å². The molecule has 2 aliphatic heterocycles. The third-order valence-corrected chi connectivity index (χ3v) is 4.18. The average Bonchev–Trinajstić information content (AvgIpc) is 2.39. The summed E-state index contributed by atoms with van der Waals surface area (Å²) in [6.45, 7) is 6.93. The highest BCUT2D eigenvalue weighted by Crippen LogP contribution is 2.37. The van der Waals surface area contributed by atoms with Gasteiger partial charge in [0.15, 0.2) is 0 Å². The van der Waals surface area contributed by atoms with Crippen LogP contribution in [0.2, 0.25) is 0 Å². The van der Waals surface area contributed by atoms with E-state index in [-0.39, 0.29) is 0 Å². The zero-order valence-corrected chi connectivity index (χ0v) is 11.3. The highest BCUT2D eigenvalue weighted by molar-refractivity contribution is 5.51. The summed E-state index contributed by atoms with van der Waals surface area (Å²) in [5, 5.41) is 0. The summed E-state index contributed by atoms with van der Waals surface area (Å²) in [6.07, 6.45) is 3.26. The Labute approximate surface area is 109 Å². The van der Waals surface area contributed by atoms with Crippen LogP contribution in [0.3, 0.4) is 0 Å². The number of anilines is 1. The predicted octanol–water partition coefficient (Wildman–Crippen LogP) is 1.76. The Morgan fingerprint density at radius 2 is 2.00 bits per heavy atom. The molecule has 1 aromatic rings. The van der Waals surface area contributed by atoms with Crippen LogP contribution < -0.4 is 9.64 Å². The van der Waals surface area contributed by atoms with E-state index in [1.807, 2.05) is 12.3 Å². The van der Waals surface area contributed by atoms with E-state index in [0.29, 0.717) is 24.0 Å². The van der Waals surface area contributed by atoms with Gasteiger partial charge in [-0.15, -0.1) is 0 Å². The number of pyridine rings is 1. The van der Waals surface area contributed by atoms with E-state index in [4.69, 9.17) is 4.74 Å². The molecule has 3 rings (SSSR count). The van der Waals surface area contributed by atoms with Crippen LogP contribution in [-0.2, 0) is 0 Å². The summed E-state index contributed by atoms with van der Waals surface area (Å²) >= 11 is 0. The molecule has 2 bridgehead atoms. The number of hydrogen-bond acceptors (Lipinski definition) is 4. The van der Waals surface area contributed by atoms with Crippen LogP contribution in [-0.4, -0.2) is 48.2 Å². The maximum absolute atomic E-state index is 5.11. The fraction of sp³-hybridized carbons (Fsp3) is 0.643. The summed E-state index contributed by atoms with van der Waals surface area (Å²) in [4.78, 5) is 9.40. The molecule has 0 saturated carbocycles. The minimum atomic E-state index is 0.659. The van der Waals surface area contributed by atoms with Crippen LogP contribution in [0.15, 0.2) is 18.3 Å². The minimum Gasteiger partial charge on any atom is -0.481 e. The van der Waals surface area contributed by atoms with E-state index >= 15 is 0 Å². The standard InChI is InChI=1S/C14H21N3O/c1-10(2)16-8-12-6-13(9-16)17(12)11-4-5-14(18-3)15-7-11/h4-5,7,10,12-13H,6,8-9H2,1-3H3. The summed E-state index contributed by atoms with van der Waals surface area (Å²) in [7, 11) is 1.65. The first-order chi connectivity index (χ1) is 8.69. The Morgan fingerprint density at radius 1 is 1.28 bits per heavy atom. The summed E-state index contributed by atoms with van der Waals surface area (Å²) in [5.74, 6) is 0.688. The fourth-order valence-electron chi connectivity index (χ4n) is 3.13. The number of likely N-dealkylation sites (tertiary alicyclic amines) is 1. The topological polar surface area (TPSA) is 28.6 Å². The van der Waals surface area contributed by atoms with Crippen molar-refractivity contribution < 1.29 is 4.74 Å². The Hall–Kier alpha value is -1.29. The molecule has 3 heterocycles. The molecule has 4 nitrogen and oxygen atoms in total. The minimum absolute atomic E-state index is 0.659. The van der Waals surface area contributed by atoms with Gasteiger partial charge in [-0.1, -0.05) is 0 Å². The van der Waals surface area contributed by atoms with Gasteiger partial charge in [-0.3, -0.25) is 4.90 Å². The van der Waals surface area contributed by atoms with Crippen LogP contribution in [0.25, 0.3) is 0 Å². The Kier molecular flexibility index (Phi) is 2.90. The van der Waals surface area contributed by atoms with Gasteiger partial charge in [0, 0.05) is 37.3 Å². The van der Waals surface area contributed by atoms with Gasteiger partial charge in [-0.05, 0) is 26.3 Å². The molecule has 2 saturated heterocycles. The average molecular weight is 247 g/mol.